The summed E-state index contributed by atoms with van der Waals surface area (Å²) in [5.41, 5.74) is 1.97. The molecule has 1 unspecified atom stereocenters. The Morgan fingerprint density at radius 1 is 1.19 bits per heavy atom. The molecule has 3 rings (SSSR count). The van der Waals surface area contributed by atoms with Crippen LogP contribution in [0, 0.1) is 6.92 Å². The van der Waals surface area contributed by atoms with Crippen molar-refractivity contribution in [3.05, 3.63) is 52.0 Å². The van der Waals surface area contributed by atoms with Crippen molar-refractivity contribution in [2.45, 2.75) is 32.9 Å². The van der Waals surface area contributed by atoms with Crippen molar-refractivity contribution in [2.24, 2.45) is 0 Å². The van der Waals surface area contributed by atoms with Crippen molar-refractivity contribution in [3.63, 3.8) is 0 Å². The Hall–Kier alpha value is -2.25. The van der Waals surface area contributed by atoms with E-state index in [0.717, 1.165) is 24.6 Å². The molecule has 6 nitrogen and oxygen atoms in total. The molecular weight excluding hydrogens is 362 g/mol. The van der Waals surface area contributed by atoms with Gasteiger partial charge in [0.05, 0.1) is 17.1 Å². The molecule has 27 heavy (non-hydrogen) atoms. The molecule has 0 N–H and O–H groups in total. The van der Waals surface area contributed by atoms with Gasteiger partial charge in [-0.15, -0.1) is 11.3 Å². The summed E-state index contributed by atoms with van der Waals surface area (Å²) in [7, 11) is 0. The number of hydrogen-bond donors (Lipinski definition) is 0. The minimum atomic E-state index is -0.766. The summed E-state index contributed by atoms with van der Waals surface area (Å²) in [4.78, 5) is 33.0. The number of carbonyl (C=O) groups excluding carboxylic acids is 2. The van der Waals surface area contributed by atoms with Crippen molar-refractivity contribution in [2.75, 3.05) is 26.2 Å². The summed E-state index contributed by atoms with van der Waals surface area (Å²) in [6.45, 7) is 7.36. The summed E-state index contributed by atoms with van der Waals surface area (Å²) in [6.07, 6.45) is -0.662. The monoisotopic (exact) mass is 387 g/mol. The van der Waals surface area contributed by atoms with Crippen LogP contribution in [-0.2, 0) is 27.3 Å². The molecule has 2 aromatic rings. The largest absolute Gasteiger partial charge is 0.452 e. The molecule has 0 aliphatic carbocycles. The third kappa shape index (κ3) is 5.61. The third-order valence-corrected chi connectivity index (χ3v) is 5.40. The number of ether oxygens (including phenoxy) is 1. The molecule has 144 valence electrons. The number of esters is 1. The van der Waals surface area contributed by atoms with E-state index in [1.54, 1.807) is 11.8 Å². The molecule has 1 atom stereocenters. The number of amides is 1. The van der Waals surface area contributed by atoms with Crippen LogP contribution >= 0.6 is 11.3 Å². The molecule has 1 aromatic carbocycles. The van der Waals surface area contributed by atoms with Gasteiger partial charge in [-0.05, 0) is 19.4 Å². The number of thiazole rings is 1. The quantitative estimate of drug-likeness (QED) is 0.712. The predicted octanol–water partition coefficient (Wildman–Crippen LogP) is 2.27. The standard InChI is InChI=1S/C20H25N3O3S/c1-15(26-19(24)12-18-14-27-16(2)21-18)20(25)23-10-8-22(9-11-23)13-17-6-4-3-5-7-17/h3-7,14-15H,8-13H2,1-2H3. The molecule has 2 heterocycles. The maximum Gasteiger partial charge on any atom is 0.312 e. The van der Waals surface area contributed by atoms with Gasteiger partial charge in [0.15, 0.2) is 6.10 Å². The topological polar surface area (TPSA) is 62.7 Å². The molecule has 1 amide bonds. The van der Waals surface area contributed by atoms with E-state index in [9.17, 15) is 9.59 Å². The smallest absolute Gasteiger partial charge is 0.312 e. The van der Waals surface area contributed by atoms with Gasteiger partial charge in [0, 0.05) is 38.1 Å². The van der Waals surface area contributed by atoms with Crippen LogP contribution in [0.1, 0.15) is 23.2 Å². The second kappa shape index (κ2) is 9.10. The van der Waals surface area contributed by atoms with Crippen LogP contribution < -0.4 is 0 Å². The minimum absolute atomic E-state index is 0.104. The Bertz CT molecular complexity index is 770. The number of rotatable bonds is 6. The molecule has 7 heteroatoms. The van der Waals surface area contributed by atoms with Gasteiger partial charge in [-0.3, -0.25) is 14.5 Å². The zero-order valence-corrected chi connectivity index (χ0v) is 16.6. The van der Waals surface area contributed by atoms with Crippen LogP contribution in [0.3, 0.4) is 0 Å². The van der Waals surface area contributed by atoms with Crippen LogP contribution in [0.5, 0.6) is 0 Å². The number of aryl methyl sites for hydroxylation is 1. The second-order valence-corrected chi connectivity index (χ2v) is 7.82. The maximum atomic E-state index is 12.6. The number of hydrogen-bond acceptors (Lipinski definition) is 6. The van der Waals surface area contributed by atoms with Crippen LogP contribution in [0.25, 0.3) is 0 Å². The number of benzene rings is 1. The Morgan fingerprint density at radius 2 is 1.89 bits per heavy atom. The van der Waals surface area contributed by atoms with Gasteiger partial charge in [0.1, 0.15) is 0 Å². The van der Waals surface area contributed by atoms with Gasteiger partial charge >= 0.3 is 5.97 Å². The fraction of sp³-hybridized carbons (Fsp3) is 0.450. The number of aromatic nitrogens is 1. The van der Waals surface area contributed by atoms with Gasteiger partial charge in [-0.1, -0.05) is 30.3 Å². The lowest BCUT2D eigenvalue weighted by Crippen LogP contribution is -2.51. The van der Waals surface area contributed by atoms with Crippen LogP contribution in [0.2, 0.25) is 0 Å². The zero-order chi connectivity index (χ0) is 19.2. The summed E-state index contributed by atoms with van der Waals surface area (Å²) in [5, 5.41) is 2.75. The lowest BCUT2D eigenvalue weighted by molar-refractivity contribution is -0.159. The van der Waals surface area contributed by atoms with E-state index in [4.69, 9.17) is 4.74 Å². The third-order valence-electron chi connectivity index (χ3n) is 4.58. The first-order valence-electron chi connectivity index (χ1n) is 9.17. The zero-order valence-electron chi connectivity index (χ0n) is 15.8. The molecule has 1 aromatic heterocycles. The van der Waals surface area contributed by atoms with E-state index in [1.165, 1.54) is 16.9 Å². The number of nitrogens with zero attached hydrogens (tertiary/aromatic N) is 3. The Kier molecular flexibility index (Phi) is 6.58. The molecule has 0 spiro atoms. The van der Waals surface area contributed by atoms with E-state index >= 15 is 0 Å². The predicted molar refractivity (Wildman–Crippen MR) is 104 cm³/mol. The van der Waals surface area contributed by atoms with Gasteiger partial charge in [0.2, 0.25) is 0 Å². The highest BCUT2D eigenvalue weighted by atomic mass is 32.1. The van der Waals surface area contributed by atoms with Crippen molar-refractivity contribution in [3.8, 4) is 0 Å². The number of carbonyl (C=O) groups is 2. The molecule has 1 aliphatic heterocycles. The van der Waals surface area contributed by atoms with Gasteiger partial charge in [-0.25, -0.2) is 4.98 Å². The van der Waals surface area contributed by atoms with E-state index in [0.29, 0.717) is 18.8 Å². The first-order valence-corrected chi connectivity index (χ1v) is 10.0. The van der Waals surface area contributed by atoms with Crippen molar-refractivity contribution in [1.29, 1.82) is 0 Å². The van der Waals surface area contributed by atoms with Gasteiger partial charge in [0.25, 0.3) is 5.91 Å². The molecule has 0 bridgehead atoms. The van der Waals surface area contributed by atoms with E-state index in [-0.39, 0.29) is 12.3 Å². The first kappa shape index (κ1) is 19.5. The van der Waals surface area contributed by atoms with Crippen LogP contribution in [-0.4, -0.2) is 58.9 Å². The highest BCUT2D eigenvalue weighted by Gasteiger charge is 2.27. The first-order chi connectivity index (χ1) is 13.0. The van der Waals surface area contributed by atoms with E-state index in [1.807, 2.05) is 30.5 Å². The van der Waals surface area contributed by atoms with Crippen molar-refractivity contribution >= 4 is 23.2 Å². The van der Waals surface area contributed by atoms with Crippen LogP contribution in [0.4, 0.5) is 0 Å². The normalized spacial score (nSPS) is 16.1. The van der Waals surface area contributed by atoms with E-state index in [2.05, 4.69) is 22.0 Å². The SMILES string of the molecule is Cc1nc(CC(=O)OC(C)C(=O)N2CCN(Cc3ccccc3)CC2)cs1. The Morgan fingerprint density at radius 3 is 2.52 bits per heavy atom. The fourth-order valence-corrected chi connectivity index (χ4v) is 3.76. The van der Waals surface area contributed by atoms with Gasteiger partial charge in [-0.2, -0.15) is 0 Å². The molecular formula is C20H25N3O3S. The Balaban J connectivity index is 1.43. The summed E-state index contributed by atoms with van der Waals surface area (Å²) < 4.78 is 5.32. The van der Waals surface area contributed by atoms with Crippen molar-refractivity contribution < 1.29 is 14.3 Å². The van der Waals surface area contributed by atoms with Gasteiger partial charge < -0.3 is 9.64 Å². The lowest BCUT2D eigenvalue weighted by Gasteiger charge is -2.35. The fourth-order valence-electron chi connectivity index (χ4n) is 3.15. The van der Waals surface area contributed by atoms with Crippen LogP contribution in [0.15, 0.2) is 35.7 Å². The molecule has 0 radical (unpaired) electrons. The maximum absolute atomic E-state index is 12.6. The minimum Gasteiger partial charge on any atom is -0.452 e. The second-order valence-electron chi connectivity index (χ2n) is 6.75. The molecule has 1 aliphatic rings. The molecule has 1 saturated heterocycles. The summed E-state index contributed by atoms with van der Waals surface area (Å²) in [6, 6.07) is 10.3. The Labute approximate surface area is 163 Å². The average molecular weight is 388 g/mol. The highest BCUT2D eigenvalue weighted by Crippen LogP contribution is 2.12. The van der Waals surface area contributed by atoms with E-state index < -0.39 is 12.1 Å². The number of piperazine rings is 1. The van der Waals surface area contributed by atoms with Crippen molar-refractivity contribution in [1.82, 2.24) is 14.8 Å². The highest BCUT2D eigenvalue weighted by molar-refractivity contribution is 7.09. The lowest BCUT2D eigenvalue weighted by atomic mass is 10.2. The summed E-state index contributed by atoms with van der Waals surface area (Å²) in [5.74, 6) is -0.541. The average Bonchev–Trinajstić information content (AvgIpc) is 3.07. The summed E-state index contributed by atoms with van der Waals surface area (Å²) >= 11 is 1.50. The molecule has 0 saturated carbocycles. The molecule has 1 fully saturated rings.